The van der Waals surface area contributed by atoms with Crippen molar-refractivity contribution in [2.24, 2.45) is 0 Å². The zero-order chi connectivity index (χ0) is 25.2. The Balaban J connectivity index is 1.44. The number of esters is 1. The van der Waals surface area contributed by atoms with Gasteiger partial charge in [-0.2, -0.15) is 13.2 Å². The number of methoxy groups -OCH3 is 1. The number of nitrogens with one attached hydrogen (secondary N) is 3. The Hall–Kier alpha value is -4.41. The molecule has 3 N–H and O–H groups in total. The first-order valence-electron chi connectivity index (χ1n) is 10.4. The lowest BCUT2D eigenvalue weighted by atomic mass is 10.1. The molecule has 0 atom stereocenters. The lowest BCUT2D eigenvalue weighted by Gasteiger charge is -2.12. The van der Waals surface area contributed by atoms with Crippen LogP contribution in [-0.2, 0) is 17.5 Å². The highest BCUT2D eigenvalue weighted by Crippen LogP contribution is 2.27. The lowest BCUT2D eigenvalue weighted by molar-refractivity contribution is -0.141. The Labute approximate surface area is 197 Å². The third-order valence-electron chi connectivity index (χ3n) is 5.28. The fourth-order valence-electron chi connectivity index (χ4n) is 3.37. The molecule has 11 heteroatoms. The Morgan fingerprint density at radius 3 is 2.51 bits per heavy atom. The number of aryl methyl sites for hydroxylation is 1. The summed E-state index contributed by atoms with van der Waals surface area (Å²) in [6.07, 6.45) is -2.05. The van der Waals surface area contributed by atoms with E-state index < -0.39 is 23.7 Å². The highest BCUT2D eigenvalue weighted by Gasteiger charge is 2.32. The van der Waals surface area contributed by atoms with Crippen LogP contribution in [0.3, 0.4) is 0 Å². The second kappa shape index (κ2) is 9.45. The molecule has 0 radical (unpaired) electrons. The molecule has 0 aliphatic heterocycles. The highest BCUT2D eigenvalue weighted by molar-refractivity contribution is 6.04. The van der Waals surface area contributed by atoms with E-state index in [1.54, 1.807) is 24.4 Å². The molecule has 0 saturated heterocycles. The molecule has 35 heavy (non-hydrogen) atoms. The Kier molecular flexibility index (Phi) is 6.41. The number of hydrogen-bond acceptors (Lipinski definition) is 6. The zero-order valence-electron chi connectivity index (χ0n) is 18.7. The molecule has 0 bridgehead atoms. The van der Waals surface area contributed by atoms with Crippen molar-refractivity contribution < 1.29 is 27.5 Å². The molecule has 180 valence electrons. The Morgan fingerprint density at radius 1 is 1.03 bits per heavy atom. The number of pyridine rings is 2. The summed E-state index contributed by atoms with van der Waals surface area (Å²) in [6, 6.07) is 10.6. The average molecular weight is 483 g/mol. The molecule has 3 heterocycles. The number of ether oxygens (including phenoxy) is 1. The molecule has 3 aromatic heterocycles. The number of alkyl halides is 3. The summed E-state index contributed by atoms with van der Waals surface area (Å²) in [5, 5.41) is 6.67. The van der Waals surface area contributed by atoms with Gasteiger partial charge in [0.25, 0.3) is 5.91 Å². The maximum absolute atomic E-state index is 12.7. The van der Waals surface area contributed by atoms with E-state index in [1.165, 1.54) is 7.11 Å². The molecule has 1 aromatic carbocycles. The maximum Gasteiger partial charge on any atom is 0.433 e. The van der Waals surface area contributed by atoms with Gasteiger partial charge in [0.1, 0.15) is 17.0 Å². The lowest BCUT2D eigenvalue weighted by Crippen LogP contribution is -2.14. The number of halogens is 3. The number of benzene rings is 1. The SMILES string of the molecule is COC(=O)c1cc2cc(NCc3cc(NC(=O)c4ccc(C(F)(F)F)nc4)ccc3C)cnc2[nH]1. The van der Waals surface area contributed by atoms with Crippen molar-refractivity contribution in [1.29, 1.82) is 0 Å². The third-order valence-corrected chi connectivity index (χ3v) is 5.28. The number of carbonyl (C=O) groups excluding carboxylic acids is 2. The van der Waals surface area contributed by atoms with Crippen LogP contribution in [0.5, 0.6) is 0 Å². The summed E-state index contributed by atoms with van der Waals surface area (Å²) in [6.45, 7) is 2.33. The van der Waals surface area contributed by atoms with Crippen LogP contribution in [-0.4, -0.2) is 33.9 Å². The number of aromatic nitrogens is 3. The van der Waals surface area contributed by atoms with E-state index in [9.17, 15) is 22.8 Å². The van der Waals surface area contributed by atoms with Crippen LogP contribution >= 0.6 is 0 Å². The standard InChI is InChI=1S/C24H20F3N5O3/c1-13-3-5-17(31-22(33)14-4-6-20(29-10-14)24(25,26)27)8-16(13)11-28-18-7-15-9-19(23(34)35-2)32-21(15)30-12-18/h3-10,12,28H,11H2,1-2H3,(H,30,32)(H,31,33). The fourth-order valence-corrected chi connectivity index (χ4v) is 3.37. The second-order valence-electron chi connectivity index (χ2n) is 7.72. The predicted molar refractivity (Wildman–Crippen MR) is 123 cm³/mol. The van der Waals surface area contributed by atoms with Gasteiger partial charge in [-0.25, -0.2) is 9.78 Å². The fraction of sp³-hybridized carbons (Fsp3) is 0.167. The molecule has 0 aliphatic rings. The average Bonchev–Trinajstić information content (AvgIpc) is 3.27. The van der Waals surface area contributed by atoms with E-state index in [2.05, 4.69) is 25.6 Å². The zero-order valence-corrected chi connectivity index (χ0v) is 18.7. The van der Waals surface area contributed by atoms with Crippen molar-refractivity contribution >= 4 is 34.3 Å². The monoisotopic (exact) mass is 483 g/mol. The largest absolute Gasteiger partial charge is 0.464 e. The highest BCUT2D eigenvalue weighted by atomic mass is 19.4. The first-order valence-corrected chi connectivity index (χ1v) is 10.4. The minimum atomic E-state index is -4.57. The normalized spacial score (nSPS) is 11.3. The van der Waals surface area contributed by atoms with Gasteiger partial charge in [0, 0.05) is 23.8 Å². The number of nitrogens with zero attached hydrogens (tertiary/aromatic N) is 2. The molecule has 0 aliphatic carbocycles. The van der Waals surface area contributed by atoms with E-state index in [4.69, 9.17) is 4.74 Å². The van der Waals surface area contributed by atoms with Gasteiger partial charge >= 0.3 is 12.1 Å². The van der Waals surface area contributed by atoms with E-state index in [-0.39, 0.29) is 5.56 Å². The molecule has 0 fully saturated rings. The number of carbonyl (C=O) groups is 2. The van der Waals surface area contributed by atoms with Gasteiger partial charge in [-0.3, -0.25) is 9.78 Å². The summed E-state index contributed by atoms with van der Waals surface area (Å²) >= 11 is 0. The minimum Gasteiger partial charge on any atom is -0.464 e. The number of aromatic amines is 1. The van der Waals surface area contributed by atoms with E-state index >= 15 is 0 Å². The van der Waals surface area contributed by atoms with Crippen molar-refractivity contribution in [3.8, 4) is 0 Å². The first-order chi connectivity index (χ1) is 16.6. The number of rotatable bonds is 6. The van der Waals surface area contributed by atoms with Crippen LogP contribution in [0, 0.1) is 6.92 Å². The number of fused-ring (bicyclic) bond motifs is 1. The number of anilines is 2. The van der Waals surface area contributed by atoms with Crippen molar-refractivity contribution in [3.05, 3.63) is 82.9 Å². The summed E-state index contributed by atoms with van der Waals surface area (Å²) in [7, 11) is 1.30. The van der Waals surface area contributed by atoms with Crippen molar-refractivity contribution in [1.82, 2.24) is 15.0 Å². The van der Waals surface area contributed by atoms with Gasteiger partial charge in [0.2, 0.25) is 0 Å². The Morgan fingerprint density at radius 2 is 1.83 bits per heavy atom. The van der Waals surface area contributed by atoms with Crippen LogP contribution < -0.4 is 10.6 Å². The van der Waals surface area contributed by atoms with Gasteiger partial charge < -0.3 is 20.4 Å². The third kappa shape index (κ3) is 5.40. The van der Waals surface area contributed by atoms with Gasteiger partial charge in [-0.15, -0.1) is 0 Å². The van der Waals surface area contributed by atoms with Crippen LogP contribution in [0.1, 0.15) is 37.7 Å². The molecular formula is C24H20F3N5O3. The molecule has 1 amide bonds. The molecular weight excluding hydrogens is 463 g/mol. The Bertz CT molecular complexity index is 1400. The van der Waals surface area contributed by atoms with Gasteiger partial charge in [-0.1, -0.05) is 6.07 Å². The van der Waals surface area contributed by atoms with Crippen molar-refractivity contribution in [2.45, 2.75) is 19.6 Å². The number of hydrogen-bond donors (Lipinski definition) is 3. The molecule has 0 spiro atoms. The molecule has 0 saturated carbocycles. The van der Waals surface area contributed by atoms with E-state index in [0.717, 1.165) is 40.5 Å². The number of amides is 1. The molecule has 4 aromatic rings. The van der Waals surface area contributed by atoms with Crippen LogP contribution in [0.15, 0.2) is 54.9 Å². The van der Waals surface area contributed by atoms with Crippen LogP contribution in [0.2, 0.25) is 0 Å². The quantitative estimate of drug-likeness (QED) is 0.336. The second-order valence-corrected chi connectivity index (χ2v) is 7.72. The summed E-state index contributed by atoms with van der Waals surface area (Å²) in [5.41, 5.74) is 2.86. The summed E-state index contributed by atoms with van der Waals surface area (Å²) in [4.78, 5) is 34.7. The summed E-state index contributed by atoms with van der Waals surface area (Å²) < 4.78 is 42.7. The topological polar surface area (TPSA) is 109 Å². The van der Waals surface area contributed by atoms with Crippen molar-refractivity contribution in [3.63, 3.8) is 0 Å². The predicted octanol–water partition coefficient (Wildman–Crippen LogP) is 4.94. The first kappa shape index (κ1) is 23.7. The van der Waals surface area contributed by atoms with Crippen LogP contribution in [0.25, 0.3) is 11.0 Å². The van der Waals surface area contributed by atoms with E-state index in [0.29, 0.717) is 23.6 Å². The van der Waals surface area contributed by atoms with Gasteiger partial charge in [0.15, 0.2) is 0 Å². The maximum atomic E-state index is 12.7. The summed E-state index contributed by atoms with van der Waals surface area (Å²) in [5.74, 6) is -1.06. The molecule has 4 rings (SSSR count). The van der Waals surface area contributed by atoms with Gasteiger partial charge in [0.05, 0.1) is 24.6 Å². The molecule has 8 nitrogen and oxygen atoms in total. The van der Waals surface area contributed by atoms with Crippen LogP contribution in [0.4, 0.5) is 24.5 Å². The minimum absolute atomic E-state index is 0.00968. The molecule has 0 unspecified atom stereocenters. The van der Waals surface area contributed by atoms with Gasteiger partial charge in [-0.05, 0) is 54.4 Å². The number of H-pyrrole nitrogens is 1. The smallest absolute Gasteiger partial charge is 0.433 e. The van der Waals surface area contributed by atoms with E-state index in [1.807, 2.05) is 19.1 Å². The van der Waals surface area contributed by atoms with Crippen molar-refractivity contribution in [2.75, 3.05) is 17.7 Å².